The first-order chi connectivity index (χ1) is 15.4. The number of hydrogen-bond donors (Lipinski definition) is 0. The fourth-order valence-electron chi connectivity index (χ4n) is 4.14. The van der Waals surface area contributed by atoms with Gasteiger partial charge in [-0.1, -0.05) is 18.3 Å². The Morgan fingerprint density at radius 3 is 2.69 bits per heavy atom. The molecule has 7 nitrogen and oxygen atoms in total. The molecule has 2 aromatic heterocycles. The van der Waals surface area contributed by atoms with E-state index in [2.05, 4.69) is 4.90 Å². The summed E-state index contributed by atoms with van der Waals surface area (Å²) in [5.41, 5.74) is 1.92. The Morgan fingerprint density at radius 2 is 2.00 bits per heavy atom. The molecule has 0 N–H and O–H groups in total. The number of aromatic nitrogens is 1. The van der Waals surface area contributed by atoms with Gasteiger partial charge in [-0.25, -0.2) is 13.4 Å². The summed E-state index contributed by atoms with van der Waals surface area (Å²) in [6.45, 7) is 8.80. The van der Waals surface area contributed by atoms with E-state index >= 15 is 0 Å². The minimum atomic E-state index is -3.53. The van der Waals surface area contributed by atoms with E-state index in [0.29, 0.717) is 24.5 Å². The molecule has 4 rings (SSSR count). The molecule has 32 heavy (non-hydrogen) atoms. The number of rotatable bonds is 10. The van der Waals surface area contributed by atoms with E-state index in [-0.39, 0.29) is 0 Å². The fourth-order valence-corrected chi connectivity index (χ4v) is 6.69. The summed E-state index contributed by atoms with van der Waals surface area (Å²) in [4.78, 5) is 9.49. The number of benzene rings is 1. The van der Waals surface area contributed by atoms with E-state index in [1.54, 1.807) is 22.7 Å². The van der Waals surface area contributed by atoms with Crippen molar-refractivity contribution in [1.29, 1.82) is 0 Å². The van der Waals surface area contributed by atoms with Crippen molar-refractivity contribution < 1.29 is 12.8 Å². The number of anilines is 1. The maximum atomic E-state index is 13.3. The Labute approximate surface area is 194 Å². The third-order valence-electron chi connectivity index (χ3n) is 6.10. The molecular formula is C23H32N4O3S2. The highest BCUT2D eigenvalue weighted by Crippen LogP contribution is 2.32. The van der Waals surface area contributed by atoms with E-state index in [9.17, 15) is 8.42 Å². The number of furan rings is 1. The molecule has 1 fully saturated rings. The molecule has 9 heteroatoms. The van der Waals surface area contributed by atoms with Gasteiger partial charge in [0.15, 0.2) is 5.13 Å². The Bertz CT molecular complexity index is 1150. The molecule has 0 aliphatic carbocycles. The lowest BCUT2D eigenvalue weighted by Crippen LogP contribution is -2.33. The largest absolute Gasteiger partial charge is 0.467 e. The average molecular weight is 477 g/mol. The quantitative estimate of drug-likeness (QED) is 0.434. The normalized spacial score (nSPS) is 15.2. The Morgan fingerprint density at radius 1 is 1.22 bits per heavy atom. The fraction of sp³-hybridized carbons (Fsp3) is 0.522. The molecule has 1 aliphatic rings. The topological polar surface area (TPSA) is 69.9 Å². The summed E-state index contributed by atoms with van der Waals surface area (Å²) in [6, 6.07) is 7.21. The molecule has 1 aliphatic heterocycles. The standard InChI is InChI=1S/C23H32N4O3S2/c1-4-27(14-7-13-26-11-5-6-12-26)32(28,29)19-8-9-20-22(16-19)31-23(24-20)25(3)17-21-18(2)10-15-30-21/h8-10,15-16H,4-7,11-14,17H2,1-3H3. The molecule has 0 amide bonds. The van der Waals surface area contributed by atoms with Gasteiger partial charge in [0.05, 0.1) is 27.9 Å². The van der Waals surface area contributed by atoms with Crippen LogP contribution in [0.15, 0.2) is 39.8 Å². The number of sulfonamides is 1. The molecule has 0 unspecified atom stereocenters. The Kier molecular flexibility index (Phi) is 7.19. The van der Waals surface area contributed by atoms with Gasteiger partial charge in [0.25, 0.3) is 0 Å². The first-order valence-electron chi connectivity index (χ1n) is 11.3. The highest BCUT2D eigenvalue weighted by molar-refractivity contribution is 7.89. The number of hydrogen-bond acceptors (Lipinski definition) is 7. The maximum Gasteiger partial charge on any atom is 0.243 e. The monoisotopic (exact) mass is 476 g/mol. The second-order valence-electron chi connectivity index (χ2n) is 8.41. The second-order valence-corrected chi connectivity index (χ2v) is 11.4. The smallest absolute Gasteiger partial charge is 0.243 e. The van der Waals surface area contributed by atoms with Crippen LogP contribution in [-0.2, 0) is 16.6 Å². The first-order valence-corrected chi connectivity index (χ1v) is 13.5. The highest BCUT2D eigenvalue weighted by atomic mass is 32.2. The number of thiazole rings is 1. The molecular weight excluding hydrogens is 444 g/mol. The van der Waals surface area contributed by atoms with Crippen molar-refractivity contribution >= 4 is 36.7 Å². The SMILES string of the molecule is CCN(CCCN1CCCC1)S(=O)(=O)c1ccc2nc(N(C)Cc3occc3C)sc2c1. The molecule has 0 spiro atoms. The van der Waals surface area contributed by atoms with Crippen molar-refractivity contribution in [1.82, 2.24) is 14.2 Å². The number of nitrogens with zero attached hydrogens (tertiary/aromatic N) is 4. The van der Waals surface area contributed by atoms with Gasteiger partial charge in [-0.3, -0.25) is 0 Å². The van der Waals surface area contributed by atoms with Gasteiger partial charge in [0, 0.05) is 20.1 Å². The summed E-state index contributed by atoms with van der Waals surface area (Å²) in [5.74, 6) is 0.905. The van der Waals surface area contributed by atoms with Gasteiger partial charge in [-0.15, -0.1) is 0 Å². The van der Waals surface area contributed by atoms with Gasteiger partial charge in [-0.05, 0) is 75.6 Å². The van der Waals surface area contributed by atoms with Crippen molar-refractivity contribution in [2.75, 3.05) is 44.7 Å². The predicted octanol–water partition coefficient (Wildman–Crippen LogP) is 4.33. The van der Waals surface area contributed by atoms with E-state index < -0.39 is 10.0 Å². The second kappa shape index (κ2) is 9.91. The van der Waals surface area contributed by atoms with Crippen molar-refractivity contribution in [3.63, 3.8) is 0 Å². The van der Waals surface area contributed by atoms with Gasteiger partial charge in [-0.2, -0.15) is 4.31 Å². The van der Waals surface area contributed by atoms with Crippen LogP contribution in [0.25, 0.3) is 10.2 Å². The van der Waals surface area contributed by atoms with Crippen LogP contribution in [0.4, 0.5) is 5.13 Å². The van der Waals surface area contributed by atoms with E-state index in [0.717, 1.165) is 52.7 Å². The van der Waals surface area contributed by atoms with Crippen molar-refractivity contribution in [2.24, 2.45) is 0 Å². The van der Waals surface area contributed by atoms with E-state index in [4.69, 9.17) is 9.40 Å². The van der Waals surface area contributed by atoms with Crippen LogP contribution in [0.1, 0.15) is 37.5 Å². The molecule has 0 radical (unpaired) electrons. The molecule has 0 saturated carbocycles. The van der Waals surface area contributed by atoms with Crippen LogP contribution in [0.2, 0.25) is 0 Å². The Hall–Kier alpha value is -1.94. The van der Waals surface area contributed by atoms with Crippen LogP contribution in [-0.4, -0.2) is 62.4 Å². The maximum absolute atomic E-state index is 13.3. The molecule has 174 valence electrons. The lowest BCUT2D eigenvalue weighted by Gasteiger charge is -2.22. The van der Waals surface area contributed by atoms with Gasteiger partial charge in [0.1, 0.15) is 5.76 Å². The molecule has 0 bridgehead atoms. The summed E-state index contributed by atoms with van der Waals surface area (Å²) in [7, 11) is -1.56. The third-order valence-corrected chi connectivity index (χ3v) is 9.20. The van der Waals surface area contributed by atoms with Crippen molar-refractivity contribution in [3.05, 3.63) is 41.9 Å². The zero-order chi connectivity index (χ0) is 22.7. The van der Waals surface area contributed by atoms with Crippen molar-refractivity contribution in [2.45, 2.75) is 44.6 Å². The van der Waals surface area contributed by atoms with Crippen molar-refractivity contribution in [3.8, 4) is 0 Å². The molecule has 1 aromatic carbocycles. The summed E-state index contributed by atoms with van der Waals surface area (Å²) in [6.07, 6.45) is 5.06. The minimum absolute atomic E-state index is 0.341. The van der Waals surface area contributed by atoms with Crippen LogP contribution in [0, 0.1) is 6.92 Å². The first kappa shape index (κ1) is 23.2. The molecule has 3 aromatic rings. The third kappa shape index (κ3) is 5.01. The van der Waals surface area contributed by atoms with Gasteiger partial charge in [0.2, 0.25) is 10.0 Å². The average Bonchev–Trinajstić information content (AvgIpc) is 3.52. The van der Waals surface area contributed by atoms with Crippen LogP contribution < -0.4 is 4.90 Å². The molecule has 0 atom stereocenters. The minimum Gasteiger partial charge on any atom is -0.467 e. The lowest BCUT2D eigenvalue weighted by atomic mass is 10.3. The van der Waals surface area contributed by atoms with E-state index in [1.165, 1.54) is 24.2 Å². The number of fused-ring (bicyclic) bond motifs is 1. The van der Waals surface area contributed by atoms with Gasteiger partial charge >= 0.3 is 0 Å². The van der Waals surface area contributed by atoms with Crippen LogP contribution in [0.3, 0.4) is 0 Å². The highest BCUT2D eigenvalue weighted by Gasteiger charge is 2.24. The summed E-state index contributed by atoms with van der Waals surface area (Å²) in [5, 5.41) is 0.836. The van der Waals surface area contributed by atoms with Crippen LogP contribution >= 0.6 is 11.3 Å². The zero-order valence-corrected chi connectivity index (χ0v) is 20.7. The predicted molar refractivity (Wildman–Crippen MR) is 130 cm³/mol. The summed E-state index contributed by atoms with van der Waals surface area (Å²) >= 11 is 1.50. The van der Waals surface area contributed by atoms with Crippen LogP contribution in [0.5, 0.6) is 0 Å². The van der Waals surface area contributed by atoms with Gasteiger partial charge < -0.3 is 14.2 Å². The molecule has 3 heterocycles. The Balaban J connectivity index is 1.48. The zero-order valence-electron chi connectivity index (χ0n) is 19.1. The molecule has 1 saturated heterocycles. The number of likely N-dealkylation sites (tertiary alicyclic amines) is 1. The summed E-state index contributed by atoms with van der Waals surface area (Å²) < 4.78 is 34.6. The number of aryl methyl sites for hydroxylation is 1. The van der Waals surface area contributed by atoms with E-state index in [1.807, 2.05) is 37.9 Å². The lowest BCUT2D eigenvalue weighted by molar-refractivity contribution is 0.312.